The van der Waals surface area contributed by atoms with E-state index < -0.39 is 5.54 Å². The first-order chi connectivity index (χ1) is 10.0. The van der Waals surface area contributed by atoms with E-state index in [4.69, 9.17) is 5.73 Å². The van der Waals surface area contributed by atoms with Crippen LogP contribution >= 0.6 is 11.8 Å². The van der Waals surface area contributed by atoms with Gasteiger partial charge in [0.05, 0.1) is 0 Å². The van der Waals surface area contributed by atoms with Gasteiger partial charge in [0.15, 0.2) is 5.16 Å². The van der Waals surface area contributed by atoms with Gasteiger partial charge in [-0.25, -0.2) is 0 Å². The van der Waals surface area contributed by atoms with Crippen LogP contribution < -0.4 is 11.1 Å². The first-order valence-corrected chi connectivity index (χ1v) is 8.66. The summed E-state index contributed by atoms with van der Waals surface area (Å²) >= 11 is 1.58. The number of carbonyl (C=O) groups is 1. The number of amides is 1. The van der Waals surface area contributed by atoms with Crippen LogP contribution in [0.15, 0.2) is 5.16 Å². The van der Waals surface area contributed by atoms with Gasteiger partial charge in [0.25, 0.3) is 0 Å². The third kappa shape index (κ3) is 3.08. The summed E-state index contributed by atoms with van der Waals surface area (Å²) < 4.78 is 2.30. The Hall–Kier alpha value is -1.08. The largest absolute Gasteiger partial charge is 0.368 e. The van der Waals surface area contributed by atoms with E-state index in [1.807, 2.05) is 13.8 Å². The topological polar surface area (TPSA) is 85.8 Å². The lowest BCUT2D eigenvalue weighted by Gasteiger charge is -2.26. The summed E-state index contributed by atoms with van der Waals surface area (Å²) in [6.45, 7) is 4.54. The van der Waals surface area contributed by atoms with Crippen molar-refractivity contribution in [1.29, 1.82) is 0 Å². The maximum Gasteiger partial charge on any atom is 0.238 e. The highest BCUT2D eigenvalue weighted by Crippen LogP contribution is 2.46. The van der Waals surface area contributed by atoms with Gasteiger partial charge in [0.2, 0.25) is 5.91 Å². The molecule has 1 unspecified atom stereocenters. The zero-order valence-corrected chi connectivity index (χ0v) is 13.4. The molecule has 2 aliphatic rings. The van der Waals surface area contributed by atoms with Crippen LogP contribution in [0.4, 0.5) is 0 Å². The molecule has 2 aliphatic carbocycles. The molecule has 2 saturated carbocycles. The third-order valence-corrected chi connectivity index (χ3v) is 5.40. The quantitative estimate of drug-likeness (QED) is 0.710. The van der Waals surface area contributed by atoms with Crippen molar-refractivity contribution < 1.29 is 4.79 Å². The Balaban J connectivity index is 1.74. The minimum Gasteiger partial charge on any atom is -0.368 e. The zero-order chi connectivity index (χ0) is 15.0. The SMILES string of the molecule is CCNC(C)(CSc1nnc(C2CC2)n1C1CC1)C(N)=O. The first-order valence-electron chi connectivity index (χ1n) is 7.67. The highest BCUT2D eigenvalue weighted by Gasteiger charge is 2.37. The van der Waals surface area contributed by atoms with Gasteiger partial charge < -0.3 is 15.6 Å². The van der Waals surface area contributed by atoms with Gasteiger partial charge in [-0.3, -0.25) is 4.79 Å². The highest BCUT2D eigenvalue weighted by molar-refractivity contribution is 7.99. The van der Waals surface area contributed by atoms with Gasteiger partial charge in [-0.1, -0.05) is 18.7 Å². The first kappa shape index (κ1) is 14.8. The number of thioether (sulfide) groups is 1. The molecule has 0 spiro atoms. The minimum absolute atomic E-state index is 0.322. The molecule has 0 bridgehead atoms. The zero-order valence-electron chi connectivity index (χ0n) is 12.6. The normalized spacial score (nSPS) is 21.2. The van der Waals surface area contributed by atoms with Crippen molar-refractivity contribution in [3.8, 4) is 0 Å². The number of nitrogens with one attached hydrogen (secondary N) is 1. The molecule has 21 heavy (non-hydrogen) atoms. The molecule has 3 N–H and O–H groups in total. The molecule has 3 rings (SSSR count). The summed E-state index contributed by atoms with van der Waals surface area (Å²) in [4.78, 5) is 11.7. The second-order valence-electron chi connectivity index (χ2n) is 6.23. The molecule has 0 aliphatic heterocycles. The molecule has 0 radical (unpaired) electrons. The van der Waals surface area contributed by atoms with Crippen LogP contribution in [0, 0.1) is 0 Å². The smallest absolute Gasteiger partial charge is 0.238 e. The van der Waals surface area contributed by atoms with E-state index in [2.05, 4.69) is 20.1 Å². The average Bonchev–Trinajstić information content (AvgIpc) is 3.35. The molecule has 0 aromatic carbocycles. The van der Waals surface area contributed by atoms with Crippen molar-refractivity contribution in [2.24, 2.45) is 5.73 Å². The Morgan fingerprint density at radius 2 is 2.14 bits per heavy atom. The van der Waals surface area contributed by atoms with Gasteiger partial charge in [-0.2, -0.15) is 0 Å². The van der Waals surface area contributed by atoms with Crippen LogP contribution in [0.1, 0.15) is 57.3 Å². The van der Waals surface area contributed by atoms with Gasteiger partial charge in [-0.15, -0.1) is 10.2 Å². The lowest BCUT2D eigenvalue weighted by molar-refractivity contribution is -0.122. The van der Waals surface area contributed by atoms with E-state index in [1.165, 1.54) is 25.7 Å². The second-order valence-corrected chi connectivity index (χ2v) is 7.17. The van der Waals surface area contributed by atoms with Crippen LogP contribution in [-0.2, 0) is 4.79 Å². The Kier molecular flexibility index (Phi) is 3.96. The molecule has 7 heteroatoms. The molecule has 6 nitrogen and oxygen atoms in total. The van der Waals surface area contributed by atoms with Crippen molar-refractivity contribution >= 4 is 17.7 Å². The number of hydrogen-bond donors (Lipinski definition) is 2. The van der Waals surface area contributed by atoms with Gasteiger partial charge in [0, 0.05) is 17.7 Å². The number of likely N-dealkylation sites (N-methyl/N-ethyl adjacent to an activating group) is 1. The molecule has 1 atom stereocenters. The Morgan fingerprint density at radius 1 is 1.43 bits per heavy atom. The van der Waals surface area contributed by atoms with Gasteiger partial charge in [-0.05, 0) is 39.2 Å². The molecule has 1 heterocycles. The lowest BCUT2D eigenvalue weighted by atomic mass is 10.1. The summed E-state index contributed by atoms with van der Waals surface area (Å²) in [7, 11) is 0. The highest BCUT2D eigenvalue weighted by atomic mass is 32.2. The lowest BCUT2D eigenvalue weighted by Crippen LogP contribution is -2.55. The van der Waals surface area contributed by atoms with Crippen molar-refractivity contribution in [2.45, 2.75) is 62.2 Å². The van der Waals surface area contributed by atoms with E-state index in [9.17, 15) is 4.79 Å². The predicted octanol–water partition coefficient (Wildman–Crippen LogP) is 1.44. The second kappa shape index (κ2) is 5.61. The predicted molar refractivity (Wildman–Crippen MR) is 82.3 cm³/mol. The molecule has 0 saturated heterocycles. The van der Waals surface area contributed by atoms with Crippen LogP contribution in [0.25, 0.3) is 0 Å². The van der Waals surface area contributed by atoms with Crippen LogP contribution in [-0.4, -0.2) is 38.5 Å². The molecule has 116 valence electrons. The van der Waals surface area contributed by atoms with Crippen molar-refractivity contribution in [2.75, 3.05) is 12.3 Å². The van der Waals surface area contributed by atoms with Crippen molar-refractivity contribution in [3.63, 3.8) is 0 Å². The molecule has 1 aromatic rings. The Bertz CT molecular complexity index is 537. The maximum absolute atomic E-state index is 11.7. The Morgan fingerprint density at radius 3 is 2.67 bits per heavy atom. The fraction of sp³-hybridized carbons (Fsp3) is 0.786. The van der Waals surface area contributed by atoms with Crippen LogP contribution in [0.2, 0.25) is 0 Å². The number of carbonyl (C=O) groups excluding carboxylic acids is 1. The molecule has 1 amide bonds. The number of primary amides is 1. The number of nitrogens with two attached hydrogens (primary N) is 1. The van der Waals surface area contributed by atoms with Crippen molar-refractivity contribution in [3.05, 3.63) is 5.82 Å². The number of aromatic nitrogens is 3. The monoisotopic (exact) mass is 309 g/mol. The van der Waals surface area contributed by atoms with E-state index in [1.54, 1.807) is 11.8 Å². The average molecular weight is 309 g/mol. The summed E-state index contributed by atoms with van der Waals surface area (Å²) in [5, 5.41) is 12.9. The van der Waals surface area contributed by atoms with Gasteiger partial charge in [0.1, 0.15) is 11.4 Å². The summed E-state index contributed by atoms with van der Waals surface area (Å²) in [5.41, 5.74) is 4.83. The molecular formula is C14H23N5OS. The number of hydrogen-bond acceptors (Lipinski definition) is 5. The van der Waals surface area contributed by atoms with E-state index in [0.717, 1.165) is 11.0 Å². The summed E-state index contributed by atoms with van der Waals surface area (Å²) in [6, 6.07) is 0.567. The van der Waals surface area contributed by atoms with Crippen LogP contribution in [0.3, 0.4) is 0 Å². The maximum atomic E-state index is 11.7. The Labute approximate surface area is 129 Å². The fourth-order valence-corrected chi connectivity index (χ4v) is 3.63. The van der Waals surface area contributed by atoms with E-state index in [0.29, 0.717) is 24.3 Å². The van der Waals surface area contributed by atoms with E-state index in [-0.39, 0.29) is 5.91 Å². The standard InChI is InChI=1S/C14H23N5OS/c1-3-16-14(2,12(15)20)8-21-13-18-17-11(9-4-5-9)19(13)10-6-7-10/h9-10,16H,3-8H2,1-2H3,(H2,15,20). The summed E-state index contributed by atoms with van der Waals surface area (Å²) in [5.74, 6) is 2.00. The van der Waals surface area contributed by atoms with Gasteiger partial charge >= 0.3 is 0 Å². The van der Waals surface area contributed by atoms with Crippen molar-refractivity contribution in [1.82, 2.24) is 20.1 Å². The fourth-order valence-electron chi connectivity index (χ4n) is 2.49. The third-order valence-electron chi connectivity index (χ3n) is 4.15. The van der Waals surface area contributed by atoms with Crippen LogP contribution in [0.5, 0.6) is 0 Å². The summed E-state index contributed by atoms with van der Waals surface area (Å²) in [6.07, 6.45) is 4.88. The molecule has 1 aromatic heterocycles. The molecular weight excluding hydrogens is 286 g/mol. The molecule has 2 fully saturated rings. The number of rotatable bonds is 8. The minimum atomic E-state index is -0.709. The number of nitrogens with zero attached hydrogens (tertiary/aromatic N) is 3. The van der Waals surface area contributed by atoms with E-state index >= 15 is 0 Å².